The van der Waals surface area contributed by atoms with Gasteiger partial charge in [0.25, 0.3) is 0 Å². The van der Waals surface area contributed by atoms with E-state index in [1.807, 2.05) is 0 Å². The molecule has 8 heavy (non-hydrogen) atoms. The molecule has 1 aliphatic rings. The molecule has 0 unspecified atom stereocenters. The maximum atomic E-state index is 5.62. The number of likely N-dealkylation sites (N-methyl/N-ethyl adjacent to an activating group) is 1. The first kappa shape index (κ1) is 5.97. The third kappa shape index (κ3) is 0.714. The molecule has 48 valence electrons. The summed E-state index contributed by atoms with van der Waals surface area (Å²) in [5.41, 5.74) is 5.23. The van der Waals surface area contributed by atoms with Crippen LogP contribution in [0.2, 0.25) is 0 Å². The van der Waals surface area contributed by atoms with Crippen molar-refractivity contribution in [2.24, 2.45) is 11.6 Å². The Labute approximate surface area is 48.4 Å². The van der Waals surface area contributed by atoms with Gasteiger partial charge in [-0.1, -0.05) is 0 Å². The Morgan fingerprint density at radius 1 is 1.62 bits per heavy atom. The zero-order chi connectivity index (χ0) is 6.20. The third-order valence-electron chi connectivity index (χ3n) is 1.41. The first-order chi connectivity index (χ1) is 3.65. The van der Waals surface area contributed by atoms with Gasteiger partial charge in [-0.05, 0) is 0 Å². The first-order valence-corrected chi connectivity index (χ1v) is 2.50. The highest BCUT2D eigenvalue weighted by Gasteiger charge is 2.36. The molecular weight excluding hydrogens is 106 g/mol. The van der Waals surface area contributed by atoms with Gasteiger partial charge in [-0.25, -0.2) is 5.01 Å². The molecule has 0 aliphatic carbocycles. The fourth-order valence-electron chi connectivity index (χ4n) is 0.515. The SMILES string of the molecule is CN(N)C1(N)COC1. The largest absolute Gasteiger partial charge is 0.375 e. The van der Waals surface area contributed by atoms with Gasteiger partial charge < -0.3 is 10.5 Å². The van der Waals surface area contributed by atoms with E-state index in [9.17, 15) is 0 Å². The number of ether oxygens (including phenoxy) is 1. The highest BCUT2D eigenvalue weighted by Crippen LogP contribution is 2.12. The average Bonchev–Trinajstić information content (AvgIpc) is 1.60. The van der Waals surface area contributed by atoms with E-state index in [0.717, 1.165) is 0 Å². The van der Waals surface area contributed by atoms with Crippen molar-refractivity contribution in [1.29, 1.82) is 0 Å². The van der Waals surface area contributed by atoms with E-state index >= 15 is 0 Å². The summed E-state index contributed by atoms with van der Waals surface area (Å²) in [6.45, 7) is 1.08. The van der Waals surface area contributed by atoms with Gasteiger partial charge in [-0.2, -0.15) is 0 Å². The van der Waals surface area contributed by atoms with Gasteiger partial charge >= 0.3 is 0 Å². The molecule has 4 heteroatoms. The minimum atomic E-state index is -0.389. The van der Waals surface area contributed by atoms with Crippen molar-refractivity contribution < 1.29 is 4.74 Å². The van der Waals surface area contributed by atoms with E-state index in [2.05, 4.69) is 0 Å². The zero-order valence-corrected chi connectivity index (χ0v) is 4.92. The number of rotatable bonds is 1. The predicted octanol–water partition coefficient (Wildman–Crippen LogP) is -1.52. The standard InChI is InChI=1S/C4H11N3O/c1-7(6)4(5)2-8-3-4/h2-3,5-6H2,1H3. The molecule has 1 heterocycles. The molecule has 0 amide bonds. The van der Waals surface area contributed by atoms with Crippen LogP contribution in [0.4, 0.5) is 0 Å². The van der Waals surface area contributed by atoms with Crippen molar-refractivity contribution in [1.82, 2.24) is 5.01 Å². The van der Waals surface area contributed by atoms with Crippen LogP contribution in [-0.2, 0) is 4.74 Å². The molecule has 0 spiro atoms. The smallest absolute Gasteiger partial charge is 0.129 e. The molecular formula is C4H11N3O. The number of hydrogen-bond donors (Lipinski definition) is 2. The summed E-state index contributed by atoms with van der Waals surface area (Å²) in [6, 6.07) is 0. The molecule has 1 saturated heterocycles. The van der Waals surface area contributed by atoms with Crippen LogP contribution in [0.5, 0.6) is 0 Å². The summed E-state index contributed by atoms with van der Waals surface area (Å²) >= 11 is 0. The van der Waals surface area contributed by atoms with Crippen LogP contribution < -0.4 is 11.6 Å². The van der Waals surface area contributed by atoms with E-state index in [-0.39, 0.29) is 5.66 Å². The number of nitrogens with two attached hydrogens (primary N) is 2. The molecule has 0 radical (unpaired) electrons. The Kier molecular flexibility index (Phi) is 1.24. The van der Waals surface area contributed by atoms with Crippen molar-refractivity contribution in [3.8, 4) is 0 Å². The summed E-state index contributed by atoms with van der Waals surface area (Å²) < 4.78 is 4.85. The van der Waals surface area contributed by atoms with E-state index < -0.39 is 0 Å². The number of hydrazine groups is 1. The van der Waals surface area contributed by atoms with Crippen molar-refractivity contribution in [3.63, 3.8) is 0 Å². The van der Waals surface area contributed by atoms with Crippen LogP contribution in [-0.4, -0.2) is 30.9 Å². The van der Waals surface area contributed by atoms with Gasteiger partial charge in [0.1, 0.15) is 5.66 Å². The Morgan fingerprint density at radius 2 is 2.12 bits per heavy atom. The summed E-state index contributed by atoms with van der Waals surface area (Å²) in [4.78, 5) is 0. The highest BCUT2D eigenvalue weighted by molar-refractivity contribution is 4.86. The fraction of sp³-hybridized carbons (Fsp3) is 1.00. The quantitative estimate of drug-likeness (QED) is 0.248. The Morgan fingerprint density at radius 3 is 2.12 bits per heavy atom. The Bertz CT molecular complexity index is 89.3. The van der Waals surface area contributed by atoms with Gasteiger partial charge in [0, 0.05) is 7.05 Å². The summed E-state index contributed by atoms with van der Waals surface area (Å²) in [5.74, 6) is 5.36. The van der Waals surface area contributed by atoms with Gasteiger partial charge in [-0.15, -0.1) is 0 Å². The molecule has 0 atom stereocenters. The summed E-state index contributed by atoms with van der Waals surface area (Å²) in [5, 5.41) is 1.48. The van der Waals surface area contributed by atoms with Gasteiger partial charge in [0.2, 0.25) is 0 Å². The molecule has 0 bridgehead atoms. The summed E-state index contributed by atoms with van der Waals surface area (Å²) in [7, 11) is 1.74. The minimum Gasteiger partial charge on any atom is -0.375 e. The lowest BCUT2D eigenvalue weighted by atomic mass is 10.1. The predicted molar refractivity (Wildman–Crippen MR) is 29.7 cm³/mol. The van der Waals surface area contributed by atoms with E-state index in [1.165, 1.54) is 5.01 Å². The third-order valence-corrected chi connectivity index (χ3v) is 1.41. The minimum absolute atomic E-state index is 0.389. The van der Waals surface area contributed by atoms with Crippen LogP contribution in [0.15, 0.2) is 0 Å². The molecule has 1 rings (SSSR count). The van der Waals surface area contributed by atoms with Gasteiger partial charge in [0.05, 0.1) is 13.2 Å². The van der Waals surface area contributed by atoms with E-state index in [4.69, 9.17) is 16.3 Å². The molecule has 0 aromatic carbocycles. The molecule has 0 aromatic heterocycles. The first-order valence-electron chi connectivity index (χ1n) is 2.50. The maximum absolute atomic E-state index is 5.62. The fourth-order valence-corrected chi connectivity index (χ4v) is 0.515. The summed E-state index contributed by atoms with van der Waals surface area (Å²) in [6.07, 6.45) is 0. The van der Waals surface area contributed by atoms with E-state index in [0.29, 0.717) is 13.2 Å². The van der Waals surface area contributed by atoms with Crippen molar-refractivity contribution in [2.75, 3.05) is 20.3 Å². The van der Waals surface area contributed by atoms with E-state index in [1.54, 1.807) is 7.05 Å². The van der Waals surface area contributed by atoms with Gasteiger partial charge in [0.15, 0.2) is 0 Å². The average molecular weight is 117 g/mol. The molecule has 4 N–H and O–H groups in total. The zero-order valence-electron chi connectivity index (χ0n) is 4.92. The Hall–Kier alpha value is -0.160. The van der Waals surface area contributed by atoms with Gasteiger partial charge in [-0.3, -0.25) is 5.84 Å². The number of hydrogen-bond acceptors (Lipinski definition) is 4. The topological polar surface area (TPSA) is 64.5 Å². The second-order valence-corrected chi connectivity index (χ2v) is 2.21. The second-order valence-electron chi connectivity index (χ2n) is 2.21. The normalized spacial score (nSPS) is 25.5. The van der Waals surface area contributed by atoms with Crippen LogP contribution in [0, 0.1) is 0 Å². The lowest BCUT2D eigenvalue weighted by Gasteiger charge is -2.42. The van der Waals surface area contributed by atoms with Crippen molar-refractivity contribution in [3.05, 3.63) is 0 Å². The molecule has 4 nitrogen and oxygen atoms in total. The lowest BCUT2D eigenvalue weighted by molar-refractivity contribution is -0.130. The molecule has 1 fully saturated rings. The van der Waals surface area contributed by atoms with Crippen LogP contribution >= 0.6 is 0 Å². The highest BCUT2D eigenvalue weighted by atomic mass is 16.5. The second kappa shape index (κ2) is 1.66. The molecule has 0 aromatic rings. The Balaban J connectivity index is 2.41. The lowest BCUT2D eigenvalue weighted by Crippen LogP contribution is -2.69. The molecule has 1 aliphatic heterocycles. The number of nitrogens with zero attached hydrogens (tertiary/aromatic N) is 1. The van der Waals surface area contributed by atoms with Crippen molar-refractivity contribution in [2.45, 2.75) is 5.66 Å². The van der Waals surface area contributed by atoms with Crippen LogP contribution in [0.25, 0.3) is 0 Å². The van der Waals surface area contributed by atoms with Crippen molar-refractivity contribution >= 4 is 0 Å². The monoisotopic (exact) mass is 117 g/mol. The molecule has 0 saturated carbocycles. The maximum Gasteiger partial charge on any atom is 0.129 e. The van der Waals surface area contributed by atoms with Crippen LogP contribution in [0.1, 0.15) is 0 Å². The van der Waals surface area contributed by atoms with Crippen LogP contribution in [0.3, 0.4) is 0 Å².